The molecule has 0 saturated heterocycles. The predicted molar refractivity (Wildman–Crippen MR) is 239 cm³/mol. The van der Waals surface area contributed by atoms with Crippen LogP contribution in [0.25, 0.3) is 118 Å². The summed E-state index contributed by atoms with van der Waals surface area (Å²) in [6.07, 6.45) is 0. The van der Waals surface area contributed by atoms with Gasteiger partial charge in [0.25, 0.3) is 0 Å². The Balaban J connectivity index is 1.14. The van der Waals surface area contributed by atoms with Gasteiger partial charge >= 0.3 is 0 Å². The first-order valence-electron chi connectivity index (χ1n) is 18.8. The average molecular weight is 749 g/mol. The van der Waals surface area contributed by atoms with Crippen LogP contribution in [-0.4, -0.2) is 19.1 Å². The summed E-state index contributed by atoms with van der Waals surface area (Å²) in [5.41, 5.74) is 8.58. The summed E-state index contributed by atoms with van der Waals surface area (Å²) in [5, 5.41) is 11.2. The first-order valence-corrected chi connectivity index (χ1v) is 20.5. The van der Waals surface area contributed by atoms with Crippen molar-refractivity contribution in [3.8, 4) is 22.9 Å². The van der Waals surface area contributed by atoms with E-state index in [1.165, 1.54) is 67.4 Å². The molecular formula is C50H28N4S2. The first-order chi connectivity index (χ1) is 27.8. The summed E-state index contributed by atoms with van der Waals surface area (Å²) in [6, 6.07) is 61.3. The molecule has 4 nitrogen and oxygen atoms in total. The van der Waals surface area contributed by atoms with Gasteiger partial charge in [0, 0.05) is 78.5 Å². The smallest absolute Gasteiger partial charge is 0.235 e. The Labute approximate surface area is 327 Å². The summed E-state index contributed by atoms with van der Waals surface area (Å²) >= 11 is 3.77. The SMILES string of the molecule is c1ccc(-n2c3ccccc3c3ccc(-c4nc(-n5c6ccc7c8ccccc8sc7c6c6c7sc8ccccc8c7ccc65)nc5ccccc45)cc32)cc1. The van der Waals surface area contributed by atoms with Crippen LogP contribution in [0.4, 0.5) is 0 Å². The Hall–Kier alpha value is -6.86. The first kappa shape index (κ1) is 30.5. The Morgan fingerprint density at radius 3 is 1.62 bits per heavy atom. The number of hydrogen-bond acceptors (Lipinski definition) is 4. The van der Waals surface area contributed by atoms with Gasteiger partial charge in [-0.05, 0) is 54.6 Å². The molecule has 0 bridgehead atoms. The van der Waals surface area contributed by atoms with Crippen molar-refractivity contribution >= 4 is 118 Å². The lowest BCUT2D eigenvalue weighted by Gasteiger charge is -2.13. The monoisotopic (exact) mass is 748 g/mol. The third-order valence-corrected chi connectivity index (χ3v) is 13.9. The normalized spacial score (nSPS) is 12.3. The number of rotatable bonds is 3. The van der Waals surface area contributed by atoms with Crippen molar-refractivity contribution in [1.82, 2.24) is 19.1 Å². The molecule has 0 saturated carbocycles. The number of para-hydroxylation sites is 3. The van der Waals surface area contributed by atoms with Gasteiger partial charge in [0.05, 0.1) is 33.3 Å². The van der Waals surface area contributed by atoms with Gasteiger partial charge in [-0.25, -0.2) is 9.97 Å². The third kappa shape index (κ3) is 4.12. The van der Waals surface area contributed by atoms with E-state index in [1.54, 1.807) is 0 Å². The van der Waals surface area contributed by atoms with Crippen LogP contribution in [0.15, 0.2) is 170 Å². The largest absolute Gasteiger partial charge is 0.309 e. The maximum Gasteiger partial charge on any atom is 0.235 e. The van der Waals surface area contributed by atoms with Crippen LogP contribution in [0.2, 0.25) is 0 Å². The molecule has 8 aromatic carbocycles. The van der Waals surface area contributed by atoms with E-state index in [2.05, 4.69) is 179 Å². The van der Waals surface area contributed by atoms with E-state index < -0.39 is 0 Å². The molecule has 0 radical (unpaired) electrons. The molecule has 0 aliphatic carbocycles. The highest BCUT2D eigenvalue weighted by molar-refractivity contribution is 7.28. The molecule has 260 valence electrons. The van der Waals surface area contributed by atoms with E-state index in [9.17, 15) is 0 Å². The van der Waals surface area contributed by atoms with Crippen molar-refractivity contribution in [1.29, 1.82) is 0 Å². The van der Waals surface area contributed by atoms with Crippen LogP contribution < -0.4 is 0 Å². The lowest BCUT2D eigenvalue weighted by molar-refractivity contribution is 1.01. The average Bonchev–Trinajstić information content (AvgIpc) is 4.01. The number of benzene rings is 8. The molecule has 6 heteroatoms. The molecular weight excluding hydrogens is 721 g/mol. The van der Waals surface area contributed by atoms with Gasteiger partial charge in [-0.2, -0.15) is 0 Å². The lowest BCUT2D eigenvalue weighted by atomic mass is 10.0. The standard InChI is InChI=1S/C50H28N4S2/c1-2-12-30(13-3-1)53-39-19-9-5-14-31(39)32-23-22-29(28-42(32)53)47-37-17-4-8-18-38(37)51-50(52-47)54-40-26-24-35-33-15-6-10-20-43(33)55-48(35)45(40)46-41(54)27-25-36-34-16-7-11-21-44(34)56-49(36)46/h1-28H. The predicted octanol–water partition coefficient (Wildman–Crippen LogP) is 14.2. The van der Waals surface area contributed by atoms with Gasteiger partial charge in [0.15, 0.2) is 0 Å². The minimum absolute atomic E-state index is 0.670. The second kappa shape index (κ2) is 11.3. The van der Waals surface area contributed by atoms with Crippen molar-refractivity contribution in [2.24, 2.45) is 0 Å². The van der Waals surface area contributed by atoms with Crippen molar-refractivity contribution in [3.63, 3.8) is 0 Å². The highest BCUT2D eigenvalue weighted by Gasteiger charge is 2.23. The molecule has 0 unspecified atom stereocenters. The van der Waals surface area contributed by atoms with E-state index in [0.717, 1.165) is 44.4 Å². The minimum atomic E-state index is 0.670. The number of aromatic nitrogens is 4. The second-order valence-corrected chi connectivity index (χ2v) is 16.6. The number of fused-ring (bicyclic) bond motifs is 15. The number of thiophene rings is 2. The van der Waals surface area contributed by atoms with E-state index >= 15 is 0 Å². The fourth-order valence-corrected chi connectivity index (χ4v) is 11.6. The molecule has 5 aromatic heterocycles. The van der Waals surface area contributed by atoms with Gasteiger partial charge in [-0.1, -0.05) is 115 Å². The van der Waals surface area contributed by atoms with Crippen LogP contribution in [-0.2, 0) is 0 Å². The van der Waals surface area contributed by atoms with Gasteiger partial charge < -0.3 is 4.57 Å². The second-order valence-electron chi connectivity index (χ2n) is 14.5. The quantitative estimate of drug-likeness (QED) is 0.180. The maximum absolute atomic E-state index is 5.57. The van der Waals surface area contributed by atoms with Crippen LogP contribution in [0.3, 0.4) is 0 Å². The summed E-state index contributed by atoms with van der Waals surface area (Å²) in [6.45, 7) is 0. The van der Waals surface area contributed by atoms with Crippen molar-refractivity contribution in [2.45, 2.75) is 0 Å². The molecule has 56 heavy (non-hydrogen) atoms. The topological polar surface area (TPSA) is 35.6 Å². The molecule has 5 heterocycles. The molecule has 0 aliphatic rings. The van der Waals surface area contributed by atoms with Gasteiger partial charge in [0.2, 0.25) is 5.95 Å². The summed E-state index contributed by atoms with van der Waals surface area (Å²) in [7, 11) is 0. The lowest BCUT2D eigenvalue weighted by Crippen LogP contribution is -2.03. The van der Waals surface area contributed by atoms with E-state index in [-0.39, 0.29) is 0 Å². The Kier molecular flexibility index (Phi) is 6.17. The molecule has 0 amide bonds. The van der Waals surface area contributed by atoms with Crippen molar-refractivity contribution < 1.29 is 0 Å². The van der Waals surface area contributed by atoms with Gasteiger partial charge in [0.1, 0.15) is 0 Å². The van der Waals surface area contributed by atoms with E-state index in [4.69, 9.17) is 9.97 Å². The number of hydrogen-bond donors (Lipinski definition) is 0. The fraction of sp³-hybridized carbons (Fsp3) is 0. The molecule has 0 fully saturated rings. The highest BCUT2D eigenvalue weighted by atomic mass is 32.1. The summed E-state index contributed by atoms with van der Waals surface area (Å²) in [4.78, 5) is 10.9. The van der Waals surface area contributed by atoms with Crippen molar-refractivity contribution in [2.75, 3.05) is 0 Å². The Bertz CT molecular complexity index is 3640. The maximum atomic E-state index is 5.57. The highest BCUT2D eigenvalue weighted by Crippen LogP contribution is 2.48. The molecule has 13 aromatic rings. The summed E-state index contributed by atoms with van der Waals surface area (Å²) in [5.74, 6) is 0.670. The van der Waals surface area contributed by atoms with Crippen LogP contribution in [0.1, 0.15) is 0 Å². The van der Waals surface area contributed by atoms with Crippen molar-refractivity contribution in [3.05, 3.63) is 170 Å². The van der Waals surface area contributed by atoms with E-state index in [0.29, 0.717) is 5.95 Å². The van der Waals surface area contributed by atoms with E-state index in [1.807, 2.05) is 22.7 Å². The zero-order chi connectivity index (χ0) is 36.5. The molecule has 0 N–H and O–H groups in total. The zero-order valence-corrected chi connectivity index (χ0v) is 31.4. The van der Waals surface area contributed by atoms with Crippen LogP contribution >= 0.6 is 22.7 Å². The minimum Gasteiger partial charge on any atom is -0.309 e. The molecule has 13 rings (SSSR count). The van der Waals surface area contributed by atoms with Gasteiger partial charge in [-0.3, -0.25) is 4.57 Å². The van der Waals surface area contributed by atoms with Crippen LogP contribution in [0.5, 0.6) is 0 Å². The van der Waals surface area contributed by atoms with Gasteiger partial charge in [-0.15, -0.1) is 22.7 Å². The number of nitrogens with zero attached hydrogens (tertiary/aromatic N) is 4. The Morgan fingerprint density at radius 1 is 0.375 bits per heavy atom. The third-order valence-electron chi connectivity index (χ3n) is 11.5. The molecule has 0 aliphatic heterocycles. The molecule has 0 spiro atoms. The summed E-state index contributed by atoms with van der Waals surface area (Å²) < 4.78 is 9.89. The van der Waals surface area contributed by atoms with Crippen LogP contribution in [0, 0.1) is 0 Å². The Morgan fingerprint density at radius 2 is 0.929 bits per heavy atom. The zero-order valence-electron chi connectivity index (χ0n) is 29.8. The fourth-order valence-electron chi connectivity index (χ4n) is 9.12. The molecule has 0 atom stereocenters.